The molecule has 9 heteroatoms. The van der Waals surface area contributed by atoms with E-state index in [-0.39, 0.29) is 22.3 Å². The van der Waals surface area contributed by atoms with Gasteiger partial charge in [-0.15, -0.1) is 11.3 Å². The van der Waals surface area contributed by atoms with Gasteiger partial charge in [-0.3, -0.25) is 10.1 Å². The maximum Gasteiger partial charge on any atom is 0.348 e. The fourth-order valence-electron chi connectivity index (χ4n) is 1.84. The number of esters is 1. The van der Waals surface area contributed by atoms with Crippen molar-refractivity contribution in [2.75, 3.05) is 0 Å². The van der Waals surface area contributed by atoms with Crippen LogP contribution in [0.5, 0.6) is 0 Å². The zero-order valence-electron chi connectivity index (χ0n) is 12.0. The van der Waals surface area contributed by atoms with Gasteiger partial charge in [-0.25, -0.2) is 14.2 Å². The normalized spacial score (nSPS) is 10.5. The molecule has 1 aromatic carbocycles. The summed E-state index contributed by atoms with van der Waals surface area (Å²) in [5, 5.41) is 12.9. The van der Waals surface area contributed by atoms with Gasteiger partial charge in [0.2, 0.25) is 0 Å². The van der Waals surface area contributed by atoms with Gasteiger partial charge in [0.15, 0.2) is 0 Å². The number of halogens is 1. The Balaban J connectivity index is 1.63. The second-order valence-corrected chi connectivity index (χ2v) is 6.54. The van der Waals surface area contributed by atoms with Crippen LogP contribution in [0.1, 0.15) is 15.4 Å². The first kappa shape index (κ1) is 16.2. The van der Waals surface area contributed by atoms with Gasteiger partial charge in [0.05, 0.1) is 10.6 Å². The molecule has 0 unspecified atom stereocenters. The first-order valence-electron chi connectivity index (χ1n) is 6.64. The number of ether oxygens (including phenoxy) is 1. The summed E-state index contributed by atoms with van der Waals surface area (Å²) >= 11 is 2.11. The molecule has 0 saturated carbocycles. The van der Waals surface area contributed by atoms with Crippen molar-refractivity contribution in [1.82, 2.24) is 4.98 Å². The summed E-state index contributed by atoms with van der Waals surface area (Å²) in [6.07, 6.45) is 0. The number of hydrogen-bond donors (Lipinski definition) is 0. The topological polar surface area (TPSA) is 82.3 Å². The second-order valence-electron chi connectivity index (χ2n) is 4.62. The Bertz CT molecular complexity index is 889. The van der Waals surface area contributed by atoms with Crippen molar-refractivity contribution in [2.45, 2.75) is 6.61 Å². The SMILES string of the molecule is O=C(OCc1csc(-c2ccc(F)cc2)n1)c1ccc([N+](=O)[O-])s1. The molecule has 122 valence electrons. The summed E-state index contributed by atoms with van der Waals surface area (Å²) in [5.41, 5.74) is 1.33. The van der Waals surface area contributed by atoms with Gasteiger partial charge in [0.1, 0.15) is 22.3 Å². The second kappa shape index (κ2) is 6.85. The van der Waals surface area contributed by atoms with Gasteiger partial charge < -0.3 is 4.74 Å². The molecule has 0 atom stereocenters. The summed E-state index contributed by atoms with van der Waals surface area (Å²) in [5.74, 6) is -0.959. The van der Waals surface area contributed by atoms with Crippen LogP contribution in [0.15, 0.2) is 41.8 Å². The van der Waals surface area contributed by atoms with E-state index in [2.05, 4.69) is 4.98 Å². The number of rotatable bonds is 5. The van der Waals surface area contributed by atoms with Gasteiger partial charge >= 0.3 is 11.0 Å². The van der Waals surface area contributed by atoms with Gasteiger partial charge in [-0.2, -0.15) is 0 Å². The van der Waals surface area contributed by atoms with Crippen molar-refractivity contribution in [1.29, 1.82) is 0 Å². The minimum Gasteiger partial charge on any atom is -0.455 e. The minimum absolute atomic E-state index is 0.0395. The molecule has 3 rings (SSSR count). The fraction of sp³-hybridized carbons (Fsp3) is 0.0667. The number of thiophene rings is 1. The van der Waals surface area contributed by atoms with Crippen molar-refractivity contribution in [3.05, 3.63) is 68.3 Å². The first-order valence-corrected chi connectivity index (χ1v) is 8.34. The van der Waals surface area contributed by atoms with Crippen LogP contribution in [0.25, 0.3) is 10.6 Å². The minimum atomic E-state index is -0.635. The molecule has 24 heavy (non-hydrogen) atoms. The van der Waals surface area contributed by atoms with Crippen LogP contribution in [-0.4, -0.2) is 15.9 Å². The molecular formula is C15H9FN2O4S2. The van der Waals surface area contributed by atoms with Gasteiger partial charge in [-0.05, 0) is 30.3 Å². The van der Waals surface area contributed by atoms with E-state index in [4.69, 9.17) is 4.74 Å². The summed E-state index contributed by atoms with van der Waals surface area (Å²) in [7, 11) is 0. The average molecular weight is 364 g/mol. The summed E-state index contributed by atoms with van der Waals surface area (Å²) in [6, 6.07) is 8.55. The Morgan fingerprint density at radius 1 is 1.25 bits per heavy atom. The van der Waals surface area contributed by atoms with Crippen molar-refractivity contribution in [3.63, 3.8) is 0 Å². The molecule has 0 bridgehead atoms. The quantitative estimate of drug-likeness (QED) is 0.383. The zero-order chi connectivity index (χ0) is 17.1. The summed E-state index contributed by atoms with van der Waals surface area (Å²) in [4.78, 5) is 26.4. The Morgan fingerprint density at radius 3 is 2.67 bits per heavy atom. The highest BCUT2D eigenvalue weighted by Gasteiger charge is 2.17. The number of benzene rings is 1. The number of nitro groups is 1. The van der Waals surface area contributed by atoms with E-state index in [0.29, 0.717) is 10.7 Å². The van der Waals surface area contributed by atoms with Crippen LogP contribution in [-0.2, 0) is 11.3 Å². The molecule has 0 amide bonds. The van der Waals surface area contributed by atoms with Crippen molar-refractivity contribution in [3.8, 4) is 10.6 Å². The molecule has 3 aromatic rings. The van der Waals surface area contributed by atoms with Crippen LogP contribution in [0, 0.1) is 15.9 Å². The summed E-state index contributed by atoms with van der Waals surface area (Å²) in [6.45, 7) is -0.0395. The number of nitrogens with zero attached hydrogens (tertiary/aromatic N) is 2. The third kappa shape index (κ3) is 3.63. The lowest BCUT2D eigenvalue weighted by Gasteiger charge is -2.00. The third-order valence-corrected chi connectivity index (χ3v) is 4.92. The Labute approximate surface area is 143 Å². The number of carbonyl (C=O) groups excluding carboxylic acids is 1. The van der Waals surface area contributed by atoms with Gasteiger partial charge in [0.25, 0.3) is 0 Å². The Kier molecular flexibility index (Phi) is 4.63. The predicted octanol–water partition coefficient (Wildman–Crippen LogP) is 4.28. The highest BCUT2D eigenvalue weighted by Crippen LogP contribution is 2.26. The van der Waals surface area contributed by atoms with E-state index in [1.54, 1.807) is 17.5 Å². The van der Waals surface area contributed by atoms with Crippen LogP contribution >= 0.6 is 22.7 Å². The molecule has 6 nitrogen and oxygen atoms in total. The van der Waals surface area contributed by atoms with E-state index < -0.39 is 10.9 Å². The first-order chi connectivity index (χ1) is 11.5. The molecule has 0 aliphatic heterocycles. The standard InChI is InChI=1S/C15H9FN2O4S2/c16-10-3-1-9(2-4-10)14-17-11(8-23-14)7-22-15(19)12-5-6-13(24-12)18(20)21/h1-6,8H,7H2. The predicted molar refractivity (Wildman–Crippen MR) is 87.6 cm³/mol. The van der Waals surface area contributed by atoms with Crippen molar-refractivity contribution >= 4 is 33.6 Å². The molecule has 2 aromatic heterocycles. The average Bonchev–Trinajstić information content (AvgIpc) is 3.23. The van der Waals surface area contributed by atoms with E-state index >= 15 is 0 Å². The zero-order valence-corrected chi connectivity index (χ0v) is 13.6. The third-order valence-electron chi connectivity index (χ3n) is 2.97. The molecule has 0 aliphatic rings. The number of hydrogen-bond acceptors (Lipinski definition) is 7. The molecule has 0 spiro atoms. The molecule has 0 saturated heterocycles. The fourth-order valence-corrected chi connectivity index (χ4v) is 3.37. The lowest BCUT2D eigenvalue weighted by Crippen LogP contribution is -2.03. The molecule has 0 aliphatic carbocycles. The maximum atomic E-state index is 12.9. The van der Waals surface area contributed by atoms with Gasteiger partial charge in [-0.1, -0.05) is 11.3 Å². The monoisotopic (exact) mass is 364 g/mol. The van der Waals surface area contributed by atoms with Crippen molar-refractivity contribution in [2.24, 2.45) is 0 Å². The molecule has 2 heterocycles. The van der Waals surface area contributed by atoms with E-state index in [9.17, 15) is 19.3 Å². The lowest BCUT2D eigenvalue weighted by atomic mass is 10.2. The molecule has 0 N–H and O–H groups in total. The largest absolute Gasteiger partial charge is 0.455 e. The summed E-state index contributed by atoms with van der Waals surface area (Å²) < 4.78 is 18.0. The van der Waals surface area contributed by atoms with Gasteiger partial charge in [0, 0.05) is 17.0 Å². The van der Waals surface area contributed by atoms with Crippen LogP contribution in [0.2, 0.25) is 0 Å². The Morgan fingerprint density at radius 2 is 2.00 bits per heavy atom. The number of thiazole rings is 1. The van der Waals surface area contributed by atoms with E-state index in [1.807, 2.05) is 0 Å². The molecule has 0 radical (unpaired) electrons. The number of aromatic nitrogens is 1. The van der Waals surface area contributed by atoms with Crippen LogP contribution < -0.4 is 0 Å². The van der Waals surface area contributed by atoms with Crippen LogP contribution in [0.3, 0.4) is 0 Å². The smallest absolute Gasteiger partial charge is 0.348 e. The highest BCUT2D eigenvalue weighted by atomic mass is 32.1. The molecule has 0 fully saturated rings. The van der Waals surface area contributed by atoms with E-state index in [0.717, 1.165) is 16.9 Å². The van der Waals surface area contributed by atoms with Crippen LogP contribution in [0.4, 0.5) is 9.39 Å². The van der Waals surface area contributed by atoms with E-state index in [1.165, 1.54) is 35.6 Å². The highest BCUT2D eigenvalue weighted by molar-refractivity contribution is 7.17. The van der Waals surface area contributed by atoms with Crippen molar-refractivity contribution < 1.29 is 18.8 Å². The Hall–Kier alpha value is -2.65. The number of carbonyl (C=O) groups is 1. The maximum absolute atomic E-state index is 12.9. The lowest BCUT2D eigenvalue weighted by molar-refractivity contribution is -0.380. The molecular weight excluding hydrogens is 355 g/mol.